The van der Waals surface area contributed by atoms with Crippen LogP contribution in [-0.4, -0.2) is 38.3 Å². The summed E-state index contributed by atoms with van der Waals surface area (Å²) in [6.07, 6.45) is 1.20. The highest BCUT2D eigenvalue weighted by molar-refractivity contribution is 8.93. The second kappa shape index (κ2) is 9.01. The van der Waals surface area contributed by atoms with Crippen LogP contribution in [0.25, 0.3) is 11.4 Å². The average molecular weight is 454 g/mol. The van der Waals surface area contributed by atoms with Crippen molar-refractivity contribution in [2.45, 2.75) is 44.4 Å². The van der Waals surface area contributed by atoms with Crippen LogP contribution >= 0.6 is 28.7 Å². The molecule has 2 atom stereocenters. The topological polar surface area (TPSA) is 84.9 Å². The van der Waals surface area contributed by atoms with E-state index in [0.717, 1.165) is 12.0 Å². The fourth-order valence-electron chi connectivity index (χ4n) is 3.14. The van der Waals surface area contributed by atoms with Crippen molar-refractivity contribution in [2.24, 2.45) is 11.8 Å². The van der Waals surface area contributed by atoms with E-state index in [1.165, 1.54) is 11.8 Å². The Hall–Kier alpha value is -1.67. The Morgan fingerprint density at radius 1 is 1.37 bits per heavy atom. The lowest BCUT2D eigenvalue weighted by molar-refractivity contribution is -0.156. The van der Waals surface area contributed by atoms with Crippen molar-refractivity contribution < 1.29 is 14.3 Å². The highest BCUT2D eigenvalue weighted by Crippen LogP contribution is 2.36. The molecule has 2 unspecified atom stereocenters. The molecule has 8 heteroatoms. The van der Waals surface area contributed by atoms with E-state index in [0.29, 0.717) is 23.3 Å². The van der Waals surface area contributed by atoms with E-state index < -0.39 is 5.60 Å². The Labute approximate surface area is 173 Å². The predicted molar refractivity (Wildman–Crippen MR) is 110 cm³/mol. The molecule has 146 valence electrons. The zero-order valence-electron chi connectivity index (χ0n) is 15.6. The summed E-state index contributed by atoms with van der Waals surface area (Å²) in [5.41, 5.74) is -0.103. The number of carbonyl (C=O) groups excluding carboxylic acids is 2. The monoisotopic (exact) mass is 453 g/mol. The van der Waals surface area contributed by atoms with Crippen LogP contribution < -0.4 is 0 Å². The lowest BCUT2D eigenvalue weighted by Gasteiger charge is -2.20. The number of rotatable bonds is 7. The molecule has 2 aromatic rings. The van der Waals surface area contributed by atoms with Crippen LogP contribution in [0.1, 0.15) is 33.6 Å². The first-order chi connectivity index (χ1) is 12.4. The molecule has 0 amide bonds. The van der Waals surface area contributed by atoms with E-state index in [4.69, 9.17) is 4.74 Å². The zero-order chi connectivity index (χ0) is 18.7. The highest BCUT2D eigenvalue weighted by atomic mass is 79.9. The molecule has 1 saturated heterocycles. The van der Waals surface area contributed by atoms with Crippen molar-refractivity contribution in [3.8, 4) is 11.4 Å². The van der Waals surface area contributed by atoms with Gasteiger partial charge in [0.15, 0.2) is 17.2 Å². The molecule has 0 aliphatic carbocycles. The van der Waals surface area contributed by atoms with Crippen molar-refractivity contribution in [1.82, 2.24) is 15.2 Å². The second-order valence-electron chi connectivity index (χ2n) is 7.23. The van der Waals surface area contributed by atoms with Crippen molar-refractivity contribution in [1.29, 1.82) is 0 Å². The minimum absolute atomic E-state index is 0. The number of ether oxygens (including phenoxy) is 1. The fourth-order valence-corrected chi connectivity index (χ4v) is 3.97. The number of Topliss-reactive ketones (excluding diaryl/α,β-unsaturated/α-hetero) is 1. The Morgan fingerprint density at radius 2 is 2.07 bits per heavy atom. The van der Waals surface area contributed by atoms with Gasteiger partial charge in [-0.25, -0.2) is 4.98 Å². The van der Waals surface area contributed by atoms with Gasteiger partial charge in [0.2, 0.25) is 5.16 Å². The van der Waals surface area contributed by atoms with Gasteiger partial charge in [0.25, 0.3) is 0 Å². The van der Waals surface area contributed by atoms with Crippen LogP contribution in [0.4, 0.5) is 0 Å². The number of halogens is 1. The Bertz CT molecular complexity index is 797. The lowest BCUT2D eigenvalue weighted by atomic mass is 9.88. The summed E-state index contributed by atoms with van der Waals surface area (Å²) >= 11 is 1.25. The molecule has 1 N–H and O–H groups in total. The second-order valence-corrected chi connectivity index (χ2v) is 8.17. The van der Waals surface area contributed by atoms with Crippen LogP contribution in [-0.2, 0) is 14.3 Å². The minimum atomic E-state index is -1.04. The highest BCUT2D eigenvalue weighted by Gasteiger charge is 2.48. The first-order valence-electron chi connectivity index (χ1n) is 8.74. The maximum atomic E-state index is 12.6. The van der Waals surface area contributed by atoms with Crippen molar-refractivity contribution >= 4 is 40.5 Å². The van der Waals surface area contributed by atoms with Crippen LogP contribution in [0, 0.1) is 11.8 Å². The average Bonchev–Trinajstić information content (AvgIpc) is 3.18. The lowest BCUT2D eigenvalue weighted by Crippen LogP contribution is -2.36. The largest absolute Gasteiger partial charge is 0.451 e. The smallest absolute Gasteiger partial charge is 0.310 e. The third-order valence-corrected chi connectivity index (χ3v) is 5.33. The molecule has 27 heavy (non-hydrogen) atoms. The maximum Gasteiger partial charge on any atom is 0.310 e. The third kappa shape index (κ3) is 5.19. The number of H-pyrrole nitrogens is 1. The summed E-state index contributed by atoms with van der Waals surface area (Å²) < 4.78 is 5.44. The minimum Gasteiger partial charge on any atom is -0.451 e. The Kier molecular flexibility index (Phi) is 7.22. The van der Waals surface area contributed by atoms with E-state index in [9.17, 15) is 9.59 Å². The van der Waals surface area contributed by atoms with Gasteiger partial charge < -0.3 is 4.74 Å². The van der Waals surface area contributed by atoms with E-state index in [1.54, 1.807) is 6.92 Å². The summed E-state index contributed by atoms with van der Waals surface area (Å²) in [5, 5.41) is 7.54. The normalized spacial score (nSPS) is 21.8. The number of hydrogen-bond acceptors (Lipinski definition) is 6. The number of aromatic amines is 1. The molecule has 2 heterocycles. The SMILES string of the molecule is Br.CC(C)CC1CC(C)(C(=O)CSc2n[nH]c(-c3ccccc3)n2)OC1=O. The number of cyclic esters (lactones) is 1. The van der Waals surface area contributed by atoms with Crippen molar-refractivity contribution in [3.63, 3.8) is 0 Å². The molecule has 0 spiro atoms. The number of aromatic nitrogens is 3. The van der Waals surface area contributed by atoms with Crippen LogP contribution in [0.5, 0.6) is 0 Å². The standard InChI is InChI=1S/C19H23N3O3S.BrH/c1-12(2)9-14-10-19(3,25-17(14)24)15(23)11-26-18-20-16(21-22-18)13-7-5-4-6-8-13;/h4-8,12,14H,9-11H2,1-3H3,(H,20,21,22);1H. The molecule has 1 aromatic carbocycles. The van der Waals surface area contributed by atoms with Gasteiger partial charge in [-0.2, -0.15) is 0 Å². The molecule has 0 bridgehead atoms. The van der Waals surface area contributed by atoms with E-state index in [-0.39, 0.29) is 40.4 Å². The quantitative estimate of drug-likeness (QED) is 0.501. The van der Waals surface area contributed by atoms with E-state index in [1.807, 2.05) is 30.3 Å². The number of ketones is 1. The van der Waals surface area contributed by atoms with Gasteiger partial charge in [0.05, 0.1) is 11.7 Å². The molecular formula is C19H24BrN3O3S. The Morgan fingerprint density at radius 3 is 2.74 bits per heavy atom. The van der Waals surface area contributed by atoms with Gasteiger partial charge in [-0.15, -0.1) is 22.1 Å². The molecule has 6 nitrogen and oxygen atoms in total. The van der Waals surface area contributed by atoms with E-state index in [2.05, 4.69) is 29.0 Å². The van der Waals surface area contributed by atoms with Crippen LogP contribution in [0.2, 0.25) is 0 Å². The summed E-state index contributed by atoms with van der Waals surface area (Å²) in [5.74, 6) is 0.670. The molecule has 1 aliphatic heterocycles. The van der Waals surface area contributed by atoms with Gasteiger partial charge in [-0.1, -0.05) is 55.9 Å². The first-order valence-corrected chi connectivity index (χ1v) is 9.73. The summed E-state index contributed by atoms with van der Waals surface area (Å²) in [7, 11) is 0. The molecule has 3 rings (SSSR count). The van der Waals surface area contributed by atoms with Gasteiger partial charge in [0, 0.05) is 12.0 Å². The summed E-state index contributed by atoms with van der Waals surface area (Å²) in [6, 6.07) is 9.67. The number of thioether (sulfide) groups is 1. The van der Waals surface area contributed by atoms with Crippen molar-refractivity contribution in [2.75, 3.05) is 5.75 Å². The Balaban J connectivity index is 0.00000261. The molecule has 1 fully saturated rings. The number of nitrogens with one attached hydrogen (secondary N) is 1. The number of hydrogen-bond donors (Lipinski definition) is 1. The molecule has 1 aromatic heterocycles. The van der Waals surface area contributed by atoms with Gasteiger partial charge in [-0.05, 0) is 19.3 Å². The number of carbonyl (C=O) groups is 2. The van der Waals surface area contributed by atoms with Crippen LogP contribution in [0.3, 0.4) is 0 Å². The predicted octanol–water partition coefficient (Wildman–Crippen LogP) is 4.08. The summed E-state index contributed by atoms with van der Waals surface area (Å²) in [4.78, 5) is 29.1. The maximum absolute atomic E-state index is 12.6. The van der Waals surface area contributed by atoms with Gasteiger partial charge >= 0.3 is 5.97 Å². The number of nitrogens with zero attached hydrogens (tertiary/aromatic N) is 2. The van der Waals surface area contributed by atoms with Gasteiger partial charge in [0.1, 0.15) is 0 Å². The molecule has 0 radical (unpaired) electrons. The van der Waals surface area contributed by atoms with E-state index >= 15 is 0 Å². The van der Waals surface area contributed by atoms with Gasteiger partial charge in [-0.3, -0.25) is 14.7 Å². The first kappa shape index (κ1) is 21.6. The number of esters is 1. The van der Waals surface area contributed by atoms with Crippen molar-refractivity contribution in [3.05, 3.63) is 30.3 Å². The third-order valence-electron chi connectivity index (χ3n) is 4.49. The fraction of sp³-hybridized carbons (Fsp3) is 0.474. The van der Waals surface area contributed by atoms with Crippen LogP contribution in [0.15, 0.2) is 35.5 Å². The molecular weight excluding hydrogens is 430 g/mol. The molecule has 1 aliphatic rings. The zero-order valence-corrected chi connectivity index (χ0v) is 18.1. The number of benzene rings is 1. The molecule has 0 saturated carbocycles. The summed E-state index contributed by atoms with van der Waals surface area (Å²) in [6.45, 7) is 5.84.